The van der Waals surface area contributed by atoms with E-state index in [4.69, 9.17) is 0 Å². The summed E-state index contributed by atoms with van der Waals surface area (Å²) in [7, 11) is 0. The maximum absolute atomic E-state index is 4.59. The molecule has 0 aliphatic rings. The van der Waals surface area contributed by atoms with Crippen molar-refractivity contribution in [1.82, 2.24) is 15.1 Å². The number of aromatic nitrogens is 2. The lowest BCUT2D eigenvalue weighted by atomic mass is 10.1. The van der Waals surface area contributed by atoms with E-state index in [0.29, 0.717) is 6.04 Å². The summed E-state index contributed by atoms with van der Waals surface area (Å²) in [5.74, 6) is 0. The molecule has 0 bridgehead atoms. The monoisotopic (exact) mass is 271 g/mol. The van der Waals surface area contributed by atoms with Crippen LogP contribution < -0.4 is 5.32 Å². The van der Waals surface area contributed by atoms with E-state index in [1.165, 1.54) is 22.5 Å². The molecule has 0 spiro atoms. The number of rotatable bonds is 6. The highest BCUT2D eigenvalue weighted by Gasteiger charge is 2.09. The largest absolute Gasteiger partial charge is 0.305 e. The molecule has 3 heteroatoms. The molecule has 1 N–H and O–H groups in total. The van der Waals surface area contributed by atoms with Gasteiger partial charge >= 0.3 is 0 Å². The third-order valence-electron chi connectivity index (χ3n) is 3.71. The lowest BCUT2D eigenvalue weighted by Gasteiger charge is -2.15. The third-order valence-corrected chi connectivity index (χ3v) is 3.71. The van der Waals surface area contributed by atoms with Gasteiger partial charge < -0.3 is 5.32 Å². The van der Waals surface area contributed by atoms with Crippen LogP contribution in [0, 0.1) is 6.92 Å². The van der Waals surface area contributed by atoms with Crippen molar-refractivity contribution < 1.29 is 0 Å². The van der Waals surface area contributed by atoms with Crippen LogP contribution in [0.2, 0.25) is 0 Å². The number of hydrogen-bond donors (Lipinski definition) is 1. The van der Waals surface area contributed by atoms with Crippen molar-refractivity contribution in [1.29, 1.82) is 0 Å². The summed E-state index contributed by atoms with van der Waals surface area (Å²) in [5, 5.41) is 8.18. The molecule has 1 atom stereocenters. The van der Waals surface area contributed by atoms with Gasteiger partial charge in [0.05, 0.1) is 11.4 Å². The molecule has 20 heavy (non-hydrogen) atoms. The average molecular weight is 271 g/mol. The molecule has 0 amide bonds. The molecule has 108 valence electrons. The first-order chi connectivity index (χ1) is 9.63. The Bertz CT molecular complexity index is 557. The van der Waals surface area contributed by atoms with Crippen molar-refractivity contribution >= 4 is 0 Å². The molecule has 0 radical (unpaired) electrons. The fraction of sp³-hybridized carbons (Fsp3) is 0.471. The Morgan fingerprint density at radius 3 is 2.70 bits per heavy atom. The molecule has 0 saturated carbocycles. The molecule has 0 unspecified atom stereocenters. The minimum atomic E-state index is 0.347. The van der Waals surface area contributed by atoms with Crippen molar-refractivity contribution in [3.63, 3.8) is 0 Å². The van der Waals surface area contributed by atoms with Crippen LogP contribution in [0.4, 0.5) is 0 Å². The normalized spacial score (nSPS) is 12.6. The zero-order valence-electron chi connectivity index (χ0n) is 13.0. The van der Waals surface area contributed by atoms with Gasteiger partial charge in [-0.05, 0) is 38.8 Å². The van der Waals surface area contributed by atoms with Crippen LogP contribution in [-0.4, -0.2) is 9.78 Å². The first-order valence-electron chi connectivity index (χ1n) is 7.49. The molecule has 2 rings (SSSR count). The molecule has 2 aromatic rings. The van der Waals surface area contributed by atoms with Gasteiger partial charge in [0.2, 0.25) is 0 Å². The third kappa shape index (κ3) is 3.48. The maximum atomic E-state index is 4.59. The fourth-order valence-electron chi connectivity index (χ4n) is 2.42. The molecule has 0 aliphatic heterocycles. The first kappa shape index (κ1) is 14.8. The van der Waals surface area contributed by atoms with Crippen LogP contribution in [0.15, 0.2) is 30.3 Å². The van der Waals surface area contributed by atoms with E-state index in [9.17, 15) is 0 Å². The Morgan fingerprint density at radius 1 is 1.25 bits per heavy atom. The molecule has 1 aromatic heterocycles. The van der Waals surface area contributed by atoms with Gasteiger partial charge in [-0.2, -0.15) is 5.10 Å². The summed E-state index contributed by atoms with van der Waals surface area (Å²) in [6.07, 6.45) is 0.993. The molecular weight excluding hydrogens is 246 g/mol. The molecule has 3 nitrogen and oxygen atoms in total. The van der Waals surface area contributed by atoms with Crippen molar-refractivity contribution in [3.8, 4) is 0 Å². The Kier molecular flexibility index (Phi) is 4.96. The van der Waals surface area contributed by atoms with Gasteiger partial charge in [-0.15, -0.1) is 0 Å². The molecular formula is C17H25N3. The van der Waals surface area contributed by atoms with Crippen LogP contribution in [0.1, 0.15) is 49.3 Å². The van der Waals surface area contributed by atoms with Crippen LogP contribution in [0.25, 0.3) is 0 Å². The van der Waals surface area contributed by atoms with Gasteiger partial charge in [-0.25, -0.2) is 0 Å². The standard InChI is InChI=1S/C17H25N3/c1-5-16-11-17(20(6-2)19-16)12-18-14(4)15-9-7-8-13(3)10-15/h7-11,14,18H,5-6,12H2,1-4H3/t14-/m1/s1. The van der Waals surface area contributed by atoms with Gasteiger partial charge in [0, 0.05) is 19.1 Å². The second-order valence-corrected chi connectivity index (χ2v) is 5.31. The Labute approximate surface area is 122 Å². The fourth-order valence-corrected chi connectivity index (χ4v) is 2.42. The maximum Gasteiger partial charge on any atom is 0.0625 e. The molecule has 1 aromatic carbocycles. The van der Waals surface area contributed by atoms with Crippen LogP contribution in [0.5, 0.6) is 0 Å². The summed E-state index contributed by atoms with van der Waals surface area (Å²) in [5.41, 5.74) is 5.09. The highest BCUT2D eigenvalue weighted by Crippen LogP contribution is 2.15. The van der Waals surface area contributed by atoms with Crippen molar-refractivity contribution in [2.45, 2.75) is 53.2 Å². The van der Waals surface area contributed by atoms with Gasteiger partial charge in [0.1, 0.15) is 0 Å². The number of benzene rings is 1. The van der Waals surface area contributed by atoms with E-state index in [0.717, 1.165) is 19.5 Å². The van der Waals surface area contributed by atoms with E-state index >= 15 is 0 Å². The summed E-state index contributed by atoms with van der Waals surface area (Å²) >= 11 is 0. The second kappa shape index (κ2) is 6.71. The summed E-state index contributed by atoms with van der Waals surface area (Å²) in [6, 6.07) is 11.2. The molecule has 1 heterocycles. The van der Waals surface area contributed by atoms with E-state index in [-0.39, 0.29) is 0 Å². The summed E-state index contributed by atoms with van der Waals surface area (Å²) < 4.78 is 2.09. The van der Waals surface area contributed by atoms with Crippen molar-refractivity contribution in [3.05, 3.63) is 52.8 Å². The predicted molar refractivity (Wildman–Crippen MR) is 83.7 cm³/mol. The number of hydrogen-bond acceptors (Lipinski definition) is 2. The number of nitrogens with zero attached hydrogens (tertiary/aromatic N) is 2. The number of nitrogens with one attached hydrogen (secondary N) is 1. The zero-order chi connectivity index (χ0) is 14.5. The lowest BCUT2D eigenvalue weighted by Crippen LogP contribution is -2.20. The van der Waals surface area contributed by atoms with Crippen LogP contribution in [0.3, 0.4) is 0 Å². The minimum Gasteiger partial charge on any atom is -0.305 e. The quantitative estimate of drug-likeness (QED) is 0.869. The highest BCUT2D eigenvalue weighted by atomic mass is 15.3. The van der Waals surface area contributed by atoms with E-state index in [1.807, 2.05) is 0 Å². The average Bonchev–Trinajstić information content (AvgIpc) is 2.87. The lowest BCUT2D eigenvalue weighted by molar-refractivity contribution is 0.530. The minimum absolute atomic E-state index is 0.347. The number of aryl methyl sites for hydroxylation is 3. The van der Waals surface area contributed by atoms with Crippen molar-refractivity contribution in [2.24, 2.45) is 0 Å². The Balaban J connectivity index is 2.03. The SMILES string of the molecule is CCc1cc(CN[C@H](C)c2cccc(C)c2)n(CC)n1. The second-order valence-electron chi connectivity index (χ2n) is 5.31. The van der Waals surface area contributed by atoms with Crippen LogP contribution >= 0.6 is 0 Å². The van der Waals surface area contributed by atoms with Gasteiger partial charge in [-0.3, -0.25) is 4.68 Å². The molecule has 0 aliphatic carbocycles. The molecule has 0 fully saturated rings. The van der Waals surface area contributed by atoms with Gasteiger partial charge in [-0.1, -0.05) is 36.8 Å². The Morgan fingerprint density at radius 2 is 2.05 bits per heavy atom. The van der Waals surface area contributed by atoms with E-state index in [2.05, 4.69) is 73.1 Å². The van der Waals surface area contributed by atoms with Gasteiger partial charge in [0.25, 0.3) is 0 Å². The smallest absolute Gasteiger partial charge is 0.0625 e. The van der Waals surface area contributed by atoms with E-state index in [1.54, 1.807) is 0 Å². The zero-order valence-corrected chi connectivity index (χ0v) is 13.0. The van der Waals surface area contributed by atoms with Crippen LogP contribution in [-0.2, 0) is 19.5 Å². The predicted octanol–water partition coefficient (Wildman–Crippen LogP) is 3.62. The summed E-state index contributed by atoms with van der Waals surface area (Å²) in [6.45, 7) is 10.4. The van der Waals surface area contributed by atoms with Gasteiger partial charge in [0.15, 0.2) is 0 Å². The highest BCUT2D eigenvalue weighted by molar-refractivity contribution is 5.24. The Hall–Kier alpha value is -1.61. The van der Waals surface area contributed by atoms with E-state index < -0.39 is 0 Å². The first-order valence-corrected chi connectivity index (χ1v) is 7.49. The van der Waals surface area contributed by atoms with Crippen molar-refractivity contribution in [2.75, 3.05) is 0 Å². The topological polar surface area (TPSA) is 29.9 Å². The summed E-state index contributed by atoms with van der Waals surface area (Å²) in [4.78, 5) is 0. The molecule has 0 saturated heterocycles.